The fourth-order valence-corrected chi connectivity index (χ4v) is 3.83. The minimum Gasteiger partial charge on any atom is -0.462 e. The van der Waals surface area contributed by atoms with Gasteiger partial charge >= 0.3 is 5.97 Å². The van der Waals surface area contributed by atoms with Crippen molar-refractivity contribution in [3.05, 3.63) is 51.9 Å². The maximum atomic E-state index is 12.8. The number of carbonyl (C=O) groups excluding carboxylic acids is 2. The Hall–Kier alpha value is -3.31. The van der Waals surface area contributed by atoms with Crippen molar-refractivity contribution in [2.24, 2.45) is 0 Å². The number of hydrogen-bond acceptors (Lipinski definition) is 9. The summed E-state index contributed by atoms with van der Waals surface area (Å²) in [7, 11) is 0. The maximum absolute atomic E-state index is 12.8. The van der Waals surface area contributed by atoms with Gasteiger partial charge in [0.1, 0.15) is 5.56 Å². The van der Waals surface area contributed by atoms with Crippen molar-refractivity contribution in [1.29, 1.82) is 0 Å². The van der Waals surface area contributed by atoms with Gasteiger partial charge < -0.3 is 19.7 Å². The van der Waals surface area contributed by atoms with E-state index in [1.807, 2.05) is 4.90 Å². The lowest BCUT2D eigenvalue weighted by molar-refractivity contribution is 0.0526. The summed E-state index contributed by atoms with van der Waals surface area (Å²) in [5.74, 6) is -1.05. The Morgan fingerprint density at radius 3 is 2.67 bits per heavy atom. The molecule has 156 valence electrons. The van der Waals surface area contributed by atoms with Gasteiger partial charge in [-0.25, -0.2) is 9.78 Å². The quantitative estimate of drug-likeness (QED) is 0.606. The molecule has 1 aliphatic rings. The van der Waals surface area contributed by atoms with Gasteiger partial charge in [-0.05, 0) is 31.2 Å². The normalized spacial score (nSPS) is 14.0. The van der Waals surface area contributed by atoms with Gasteiger partial charge in [0.05, 0.1) is 25.4 Å². The third kappa shape index (κ3) is 4.02. The summed E-state index contributed by atoms with van der Waals surface area (Å²) in [5, 5.41) is 7.63. The van der Waals surface area contributed by atoms with Gasteiger partial charge in [0.15, 0.2) is 0 Å². The van der Waals surface area contributed by atoms with E-state index in [0.29, 0.717) is 47.6 Å². The van der Waals surface area contributed by atoms with Gasteiger partial charge in [0, 0.05) is 25.0 Å². The molecular formula is C19H19N5O5S. The Balaban J connectivity index is 1.53. The summed E-state index contributed by atoms with van der Waals surface area (Å²) in [6, 6.07) is 6.20. The minimum atomic E-state index is -0.605. The third-order valence-corrected chi connectivity index (χ3v) is 5.44. The highest BCUT2D eigenvalue weighted by molar-refractivity contribution is 7.20. The molecule has 3 heterocycles. The average Bonchev–Trinajstić information content (AvgIpc) is 3.21. The molecule has 1 amide bonds. The van der Waals surface area contributed by atoms with Gasteiger partial charge in [-0.1, -0.05) is 11.3 Å². The summed E-state index contributed by atoms with van der Waals surface area (Å²) >= 11 is 1.29. The Bertz CT molecular complexity index is 1130. The smallest absolute Gasteiger partial charge is 0.338 e. The number of aromatic nitrogens is 3. The number of amides is 1. The van der Waals surface area contributed by atoms with Crippen molar-refractivity contribution >= 4 is 39.0 Å². The Morgan fingerprint density at radius 2 is 1.97 bits per heavy atom. The molecule has 0 unspecified atom stereocenters. The van der Waals surface area contributed by atoms with E-state index in [9.17, 15) is 14.4 Å². The van der Waals surface area contributed by atoms with Gasteiger partial charge in [-0.15, -0.1) is 5.10 Å². The van der Waals surface area contributed by atoms with Gasteiger partial charge in [-0.3, -0.25) is 9.59 Å². The van der Waals surface area contributed by atoms with Crippen molar-refractivity contribution in [3.8, 4) is 0 Å². The number of nitrogens with one attached hydrogen (secondary N) is 1. The molecule has 0 aliphatic carbocycles. The van der Waals surface area contributed by atoms with E-state index in [-0.39, 0.29) is 12.2 Å². The van der Waals surface area contributed by atoms with Crippen LogP contribution in [0.5, 0.6) is 0 Å². The molecule has 11 heteroatoms. The van der Waals surface area contributed by atoms with Crippen LogP contribution >= 0.6 is 11.3 Å². The lowest BCUT2D eigenvalue weighted by atomic mass is 10.2. The number of anilines is 2. The number of carbonyl (C=O) groups is 2. The fraction of sp³-hybridized carbons (Fsp3) is 0.316. The predicted molar refractivity (Wildman–Crippen MR) is 111 cm³/mol. The van der Waals surface area contributed by atoms with E-state index < -0.39 is 17.4 Å². The van der Waals surface area contributed by atoms with Crippen LogP contribution in [0.1, 0.15) is 27.6 Å². The number of hydrogen-bond donors (Lipinski definition) is 1. The zero-order chi connectivity index (χ0) is 21.1. The van der Waals surface area contributed by atoms with Crippen LogP contribution in [-0.2, 0) is 9.47 Å². The highest BCUT2D eigenvalue weighted by atomic mass is 32.1. The van der Waals surface area contributed by atoms with Crippen LogP contribution in [0.4, 0.5) is 10.8 Å². The maximum Gasteiger partial charge on any atom is 0.338 e. The zero-order valence-electron chi connectivity index (χ0n) is 16.2. The Kier molecular flexibility index (Phi) is 5.72. The first kappa shape index (κ1) is 20.0. The molecule has 0 spiro atoms. The number of benzene rings is 1. The molecule has 1 N–H and O–H groups in total. The lowest BCUT2D eigenvalue weighted by Crippen LogP contribution is -2.36. The van der Waals surface area contributed by atoms with E-state index >= 15 is 0 Å². The number of esters is 1. The summed E-state index contributed by atoms with van der Waals surface area (Å²) in [4.78, 5) is 43.7. The molecule has 0 radical (unpaired) electrons. The molecule has 3 aromatic rings. The van der Waals surface area contributed by atoms with Crippen molar-refractivity contribution in [3.63, 3.8) is 0 Å². The number of morpholine rings is 1. The number of nitrogens with zero attached hydrogens (tertiary/aromatic N) is 4. The van der Waals surface area contributed by atoms with Crippen molar-refractivity contribution in [2.75, 3.05) is 43.1 Å². The average molecular weight is 429 g/mol. The monoisotopic (exact) mass is 429 g/mol. The molecule has 1 aliphatic heterocycles. The second-order valence-corrected chi connectivity index (χ2v) is 7.34. The van der Waals surface area contributed by atoms with E-state index in [0.717, 1.165) is 4.52 Å². The van der Waals surface area contributed by atoms with Gasteiger partial charge in [0.2, 0.25) is 10.1 Å². The van der Waals surface area contributed by atoms with Crippen LogP contribution in [0.3, 0.4) is 0 Å². The SMILES string of the molecule is CCOC(=O)c1ccc(NC(=O)c2cnc3sc(N4CCOCC4)nn3c2=O)cc1. The molecule has 0 atom stereocenters. The predicted octanol–water partition coefficient (Wildman–Crippen LogP) is 1.42. The summed E-state index contributed by atoms with van der Waals surface area (Å²) in [6.07, 6.45) is 1.25. The summed E-state index contributed by atoms with van der Waals surface area (Å²) in [5.41, 5.74) is 0.137. The van der Waals surface area contributed by atoms with Crippen molar-refractivity contribution < 1.29 is 19.1 Å². The molecule has 30 heavy (non-hydrogen) atoms. The van der Waals surface area contributed by atoms with Crippen LogP contribution in [0.2, 0.25) is 0 Å². The van der Waals surface area contributed by atoms with E-state index in [4.69, 9.17) is 9.47 Å². The highest BCUT2D eigenvalue weighted by Gasteiger charge is 2.20. The van der Waals surface area contributed by atoms with Crippen LogP contribution < -0.4 is 15.8 Å². The van der Waals surface area contributed by atoms with Crippen LogP contribution in [0.15, 0.2) is 35.3 Å². The van der Waals surface area contributed by atoms with Crippen molar-refractivity contribution in [1.82, 2.24) is 14.6 Å². The number of fused-ring (bicyclic) bond motifs is 1. The van der Waals surface area contributed by atoms with E-state index in [1.54, 1.807) is 19.1 Å². The minimum absolute atomic E-state index is 0.124. The molecular weight excluding hydrogens is 410 g/mol. The Morgan fingerprint density at radius 1 is 1.23 bits per heavy atom. The molecule has 1 aromatic carbocycles. The topological polar surface area (TPSA) is 115 Å². The van der Waals surface area contributed by atoms with E-state index in [2.05, 4.69) is 15.4 Å². The fourth-order valence-electron chi connectivity index (χ4n) is 2.92. The molecule has 2 aromatic heterocycles. The number of ether oxygens (including phenoxy) is 2. The van der Waals surface area contributed by atoms with E-state index in [1.165, 1.54) is 29.7 Å². The summed E-state index contributed by atoms with van der Waals surface area (Å²) < 4.78 is 11.4. The first-order valence-electron chi connectivity index (χ1n) is 9.37. The summed E-state index contributed by atoms with van der Waals surface area (Å²) in [6.45, 7) is 4.57. The molecule has 4 rings (SSSR count). The zero-order valence-corrected chi connectivity index (χ0v) is 17.0. The van der Waals surface area contributed by atoms with Crippen LogP contribution in [0.25, 0.3) is 4.96 Å². The second-order valence-electron chi connectivity index (χ2n) is 6.41. The number of rotatable bonds is 5. The first-order chi connectivity index (χ1) is 14.6. The van der Waals surface area contributed by atoms with Gasteiger partial charge in [0.25, 0.3) is 11.5 Å². The standard InChI is InChI=1S/C19H19N5O5S/c1-2-29-17(27)12-3-5-13(6-4-12)21-15(25)14-11-20-18-24(16(14)26)22-19(30-18)23-7-9-28-10-8-23/h3-6,11H,2,7-10H2,1H3,(H,21,25). The Labute approximate surface area is 175 Å². The van der Waals surface area contributed by atoms with Crippen molar-refractivity contribution in [2.45, 2.75) is 6.92 Å². The largest absolute Gasteiger partial charge is 0.462 e. The highest BCUT2D eigenvalue weighted by Crippen LogP contribution is 2.22. The third-order valence-electron chi connectivity index (χ3n) is 4.46. The second kappa shape index (κ2) is 8.59. The molecule has 0 bridgehead atoms. The molecule has 10 nitrogen and oxygen atoms in total. The van der Waals surface area contributed by atoms with Gasteiger partial charge in [-0.2, -0.15) is 4.52 Å². The lowest BCUT2D eigenvalue weighted by Gasteiger charge is -2.25. The van der Waals surface area contributed by atoms with Crippen LogP contribution in [-0.4, -0.2) is 59.4 Å². The molecule has 1 fully saturated rings. The molecule has 0 saturated carbocycles. The first-order valence-corrected chi connectivity index (χ1v) is 10.2. The van der Waals surface area contributed by atoms with Crippen LogP contribution in [0, 0.1) is 0 Å². The molecule has 1 saturated heterocycles.